The van der Waals surface area contributed by atoms with Crippen molar-refractivity contribution in [1.29, 1.82) is 0 Å². The van der Waals surface area contributed by atoms with Crippen LogP contribution in [0, 0.1) is 3.57 Å². The summed E-state index contributed by atoms with van der Waals surface area (Å²) in [4.78, 5) is 12.5. The molecule has 0 bridgehead atoms. The number of carbonyl (C=O) groups is 1. The number of halogens is 1. The molecule has 2 aromatic rings. The van der Waals surface area contributed by atoms with Crippen LogP contribution >= 0.6 is 22.6 Å². The number of methoxy groups -OCH3 is 1. The lowest BCUT2D eigenvalue weighted by Crippen LogP contribution is -2.09. The van der Waals surface area contributed by atoms with Crippen molar-refractivity contribution in [3.05, 3.63) is 63.2 Å². The normalized spacial score (nSPS) is 10.3. The molecule has 0 aliphatic carbocycles. The highest BCUT2D eigenvalue weighted by molar-refractivity contribution is 14.1. The van der Waals surface area contributed by atoms with Crippen LogP contribution < -0.4 is 4.74 Å². The maximum absolute atomic E-state index is 12.5. The summed E-state index contributed by atoms with van der Waals surface area (Å²) in [7, 11) is 1.62. The molecule has 0 amide bonds. The van der Waals surface area contributed by atoms with Crippen molar-refractivity contribution in [3.8, 4) is 5.75 Å². The van der Waals surface area contributed by atoms with E-state index in [1.165, 1.54) is 0 Å². The molecule has 3 nitrogen and oxygen atoms in total. The van der Waals surface area contributed by atoms with Gasteiger partial charge < -0.3 is 9.47 Å². The highest BCUT2D eigenvalue weighted by Crippen LogP contribution is 2.22. The second-order valence-corrected chi connectivity index (χ2v) is 5.42. The van der Waals surface area contributed by atoms with Gasteiger partial charge in [0.05, 0.1) is 12.2 Å². The van der Waals surface area contributed by atoms with Crippen LogP contribution in [0.5, 0.6) is 5.75 Å². The summed E-state index contributed by atoms with van der Waals surface area (Å²) in [6.07, 6.45) is 0. The molecule has 0 N–H and O–H groups in total. The van der Waals surface area contributed by atoms with Crippen LogP contribution in [-0.2, 0) is 4.74 Å². The Kier molecular flexibility index (Phi) is 5.55. The first kappa shape index (κ1) is 15.0. The minimum Gasteiger partial charge on any atom is -0.490 e. The smallest absolute Gasteiger partial charge is 0.196 e. The topological polar surface area (TPSA) is 35.5 Å². The van der Waals surface area contributed by atoms with Gasteiger partial charge in [0.1, 0.15) is 12.4 Å². The quantitative estimate of drug-likeness (QED) is 0.436. The number of rotatable bonds is 6. The first-order valence-electron chi connectivity index (χ1n) is 6.23. The largest absolute Gasteiger partial charge is 0.490 e. The zero-order chi connectivity index (χ0) is 14.4. The van der Waals surface area contributed by atoms with Crippen molar-refractivity contribution >= 4 is 28.4 Å². The van der Waals surface area contributed by atoms with Crippen LogP contribution in [0.2, 0.25) is 0 Å². The monoisotopic (exact) mass is 382 g/mol. The van der Waals surface area contributed by atoms with Gasteiger partial charge in [-0.1, -0.05) is 24.3 Å². The highest BCUT2D eigenvalue weighted by Gasteiger charge is 2.14. The molecule has 0 spiro atoms. The maximum Gasteiger partial charge on any atom is 0.196 e. The van der Waals surface area contributed by atoms with E-state index in [-0.39, 0.29) is 5.78 Å². The fourth-order valence-electron chi connectivity index (χ4n) is 1.80. The number of ketones is 1. The van der Waals surface area contributed by atoms with Crippen molar-refractivity contribution in [2.24, 2.45) is 0 Å². The SMILES string of the molecule is COCCOc1ccccc1C(=O)c1cccc(I)c1. The van der Waals surface area contributed by atoms with Crippen LogP contribution in [0.3, 0.4) is 0 Å². The first-order valence-corrected chi connectivity index (χ1v) is 7.31. The lowest BCUT2D eigenvalue weighted by atomic mass is 10.0. The summed E-state index contributed by atoms with van der Waals surface area (Å²) in [6.45, 7) is 0.916. The standard InChI is InChI=1S/C16H15IO3/c1-19-9-10-20-15-8-3-2-7-14(15)16(18)12-5-4-6-13(17)11-12/h2-8,11H,9-10H2,1H3. The maximum atomic E-state index is 12.5. The van der Waals surface area contributed by atoms with E-state index in [0.717, 1.165) is 3.57 Å². The van der Waals surface area contributed by atoms with E-state index in [1.54, 1.807) is 19.2 Å². The van der Waals surface area contributed by atoms with Crippen molar-refractivity contribution in [2.45, 2.75) is 0 Å². The minimum atomic E-state index is -0.0310. The molecule has 0 aliphatic rings. The van der Waals surface area contributed by atoms with Crippen molar-refractivity contribution in [1.82, 2.24) is 0 Å². The molecule has 0 unspecified atom stereocenters. The Bertz CT molecular complexity index is 596. The Balaban J connectivity index is 2.25. The van der Waals surface area contributed by atoms with Gasteiger partial charge in [-0.15, -0.1) is 0 Å². The summed E-state index contributed by atoms with van der Waals surface area (Å²) in [5.41, 5.74) is 1.24. The number of para-hydroxylation sites is 1. The summed E-state index contributed by atoms with van der Waals surface area (Å²) in [5, 5.41) is 0. The molecule has 2 rings (SSSR count). The summed E-state index contributed by atoms with van der Waals surface area (Å²) >= 11 is 2.19. The van der Waals surface area contributed by atoms with E-state index in [9.17, 15) is 4.79 Å². The van der Waals surface area contributed by atoms with E-state index < -0.39 is 0 Å². The third-order valence-electron chi connectivity index (χ3n) is 2.76. The molecule has 0 heterocycles. The van der Waals surface area contributed by atoms with Crippen molar-refractivity contribution in [2.75, 3.05) is 20.3 Å². The zero-order valence-corrected chi connectivity index (χ0v) is 13.3. The van der Waals surface area contributed by atoms with Gasteiger partial charge >= 0.3 is 0 Å². The molecule has 0 saturated heterocycles. The lowest BCUT2D eigenvalue weighted by molar-refractivity contribution is 0.103. The molecule has 2 aromatic carbocycles. The predicted octanol–water partition coefficient (Wildman–Crippen LogP) is 3.55. The van der Waals surface area contributed by atoms with Gasteiger partial charge in [0.2, 0.25) is 0 Å². The van der Waals surface area contributed by atoms with Crippen LogP contribution in [0.4, 0.5) is 0 Å². The molecule has 0 saturated carbocycles. The lowest BCUT2D eigenvalue weighted by Gasteiger charge is -2.10. The Morgan fingerprint density at radius 2 is 1.90 bits per heavy atom. The third kappa shape index (κ3) is 3.80. The zero-order valence-electron chi connectivity index (χ0n) is 11.1. The van der Waals surface area contributed by atoms with Gasteiger partial charge in [0, 0.05) is 16.2 Å². The van der Waals surface area contributed by atoms with E-state index in [1.807, 2.05) is 36.4 Å². The molecule has 104 valence electrons. The van der Waals surface area contributed by atoms with Crippen LogP contribution in [0.25, 0.3) is 0 Å². The average molecular weight is 382 g/mol. The molecular formula is C16H15IO3. The van der Waals surface area contributed by atoms with E-state index in [2.05, 4.69) is 22.6 Å². The van der Waals surface area contributed by atoms with E-state index in [4.69, 9.17) is 9.47 Å². The molecule has 0 aliphatic heterocycles. The summed E-state index contributed by atoms with van der Waals surface area (Å²) in [6, 6.07) is 14.8. The van der Waals surface area contributed by atoms with Crippen molar-refractivity contribution in [3.63, 3.8) is 0 Å². The second kappa shape index (κ2) is 7.40. The Hall–Kier alpha value is -1.40. The Labute approximate surface area is 132 Å². The van der Waals surface area contributed by atoms with Crippen LogP contribution in [0.15, 0.2) is 48.5 Å². The van der Waals surface area contributed by atoms with Gasteiger partial charge in [-0.05, 0) is 46.9 Å². The van der Waals surface area contributed by atoms with Crippen molar-refractivity contribution < 1.29 is 14.3 Å². The molecule has 0 radical (unpaired) electrons. The molecule has 0 atom stereocenters. The second-order valence-electron chi connectivity index (χ2n) is 4.18. The molecular weight excluding hydrogens is 367 g/mol. The first-order chi connectivity index (χ1) is 9.72. The van der Waals surface area contributed by atoms with Gasteiger partial charge in [0.25, 0.3) is 0 Å². The van der Waals surface area contributed by atoms with Gasteiger partial charge in [-0.25, -0.2) is 0 Å². The number of ether oxygens (including phenoxy) is 2. The summed E-state index contributed by atoms with van der Waals surface area (Å²) < 4.78 is 11.6. The number of hydrogen-bond acceptors (Lipinski definition) is 3. The van der Waals surface area contributed by atoms with Gasteiger partial charge in [-0.3, -0.25) is 4.79 Å². The fraction of sp³-hybridized carbons (Fsp3) is 0.188. The van der Waals surface area contributed by atoms with Crippen LogP contribution in [0.1, 0.15) is 15.9 Å². The molecule has 0 fully saturated rings. The molecule has 4 heteroatoms. The van der Waals surface area contributed by atoms with Crippen LogP contribution in [-0.4, -0.2) is 26.1 Å². The van der Waals surface area contributed by atoms with E-state index in [0.29, 0.717) is 30.1 Å². The number of carbonyl (C=O) groups excluding carboxylic acids is 1. The van der Waals surface area contributed by atoms with E-state index >= 15 is 0 Å². The molecule has 0 aromatic heterocycles. The Morgan fingerprint density at radius 3 is 2.65 bits per heavy atom. The van der Waals surface area contributed by atoms with Gasteiger partial charge in [0.15, 0.2) is 5.78 Å². The van der Waals surface area contributed by atoms with Gasteiger partial charge in [-0.2, -0.15) is 0 Å². The predicted molar refractivity (Wildman–Crippen MR) is 86.4 cm³/mol. The fourth-order valence-corrected chi connectivity index (χ4v) is 2.34. The summed E-state index contributed by atoms with van der Waals surface area (Å²) in [5.74, 6) is 0.560. The molecule has 20 heavy (non-hydrogen) atoms. The average Bonchev–Trinajstić information content (AvgIpc) is 2.47. The third-order valence-corrected chi connectivity index (χ3v) is 3.43. The Morgan fingerprint density at radius 1 is 1.10 bits per heavy atom. The highest BCUT2D eigenvalue weighted by atomic mass is 127. The number of hydrogen-bond donors (Lipinski definition) is 0. The minimum absolute atomic E-state index is 0.0310. The number of benzene rings is 2.